The summed E-state index contributed by atoms with van der Waals surface area (Å²) in [5.41, 5.74) is 2.22. The molecule has 2 aromatic rings. The number of rotatable bonds is 2. The van der Waals surface area contributed by atoms with Crippen molar-refractivity contribution in [2.45, 2.75) is 45.1 Å². The van der Waals surface area contributed by atoms with E-state index < -0.39 is 0 Å². The third kappa shape index (κ3) is 1.98. The molecule has 0 aliphatic heterocycles. The van der Waals surface area contributed by atoms with Crippen LogP contribution in [0.3, 0.4) is 0 Å². The normalized spacial score (nSPS) is 17.2. The molecule has 18 heavy (non-hydrogen) atoms. The van der Waals surface area contributed by atoms with Crippen LogP contribution in [0, 0.1) is 6.92 Å². The number of aryl methyl sites for hydroxylation is 1. The van der Waals surface area contributed by atoms with E-state index in [-0.39, 0.29) is 0 Å². The number of fused-ring (bicyclic) bond motifs is 1. The van der Waals surface area contributed by atoms with Gasteiger partial charge in [-0.1, -0.05) is 19.3 Å². The maximum absolute atomic E-state index is 5.36. The topological polar surface area (TPSA) is 27.1 Å². The van der Waals surface area contributed by atoms with Crippen LogP contribution in [0.25, 0.3) is 10.9 Å². The first-order valence-corrected chi connectivity index (χ1v) is 6.81. The van der Waals surface area contributed by atoms with Gasteiger partial charge in [0.15, 0.2) is 0 Å². The Bertz CT molecular complexity index is 553. The van der Waals surface area contributed by atoms with Gasteiger partial charge in [-0.25, -0.2) is 0 Å². The summed E-state index contributed by atoms with van der Waals surface area (Å²) in [6.45, 7) is 2.08. The van der Waals surface area contributed by atoms with Gasteiger partial charge in [-0.15, -0.1) is 0 Å². The first kappa shape index (κ1) is 11.6. The summed E-state index contributed by atoms with van der Waals surface area (Å²) in [7, 11) is 1.71. The van der Waals surface area contributed by atoms with E-state index in [1.54, 1.807) is 7.11 Å². The molecule has 0 atom stereocenters. The minimum absolute atomic E-state index is 0.595. The van der Waals surface area contributed by atoms with Crippen molar-refractivity contribution < 1.29 is 4.74 Å². The largest absolute Gasteiger partial charge is 0.496 e. The molecule has 96 valence electrons. The predicted molar refractivity (Wildman–Crippen MR) is 73.1 cm³/mol. The van der Waals surface area contributed by atoms with Crippen molar-refractivity contribution in [3.05, 3.63) is 23.9 Å². The minimum Gasteiger partial charge on any atom is -0.496 e. The quantitative estimate of drug-likeness (QED) is 0.802. The first-order chi connectivity index (χ1) is 8.78. The summed E-state index contributed by atoms with van der Waals surface area (Å²) in [5.74, 6) is 0.927. The molecule has 0 radical (unpaired) electrons. The van der Waals surface area contributed by atoms with Crippen LogP contribution in [0.1, 0.15) is 43.7 Å². The molecular weight excluding hydrogens is 224 g/mol. The maximum atomic E-state index is 5.36. The Morgan fingerprint density at radius 2 is 2.00 bits per heavy atom. The summed E-state index contributed by atoms with van der Waals surface area (Å²) in [5, 5.41) is 5.94. The van der Waals surface area contributed by atoms with Crippen LogP contribution in [-0.4, -0.2) is 16.9 Å². The Balaban J connectivity index is 1.99. The molecule has 0 bridgehead atoms. The zero-order valence-corrected chi connectivity index (χ0v) is 11.1. The fourth-order valence-electron chi connectivity index (χ4n) is 2.94. The summed E-state index contributed by atoms with van der Waals surface area (Å²) in [6, 6.07) is 4.81. The molecule has 3 rings (SSSR count). The number of hydrogen-bond acceptors (Lipinski definition) is 2. The molecule has 0 spiro atoms. The smallest absolute Gasteiger partial charge is 0.124 e. The minimum atomic E-state index is 0.595. The van der Waals surface area contributed by atoms with Crippen LogP contribution in [0.4, 0.5) is 0 Å². The Morgan fingerprint density at radius 1 is 1.22 bits per heavy atom. The Kier molecular flexibility index (Phi) is 2.98. The molecule has 3 nitrogen and oxygen atoms in total. The number of hydrogen-bond donors (Lipinski definition) is 0. The van der Waals surface area contributed by atoms with Crippen LogP contribution in [0.2, 0.25) is 0 Å². The maximum Gasteiger partial charge on any atom is 0.124 e. The monoisotopic (exact) mass is 244 g/mol. The highest BCUT2D eigenvalue weighted by Crippen LogP contribution is 2.30. The third-order valence-electron chi connectivity index (χ3n) is 3.99. The van der Waals surface area contributed by atoms with E-state index in [1.807, 2.05) is 6.07 Å². The van der Waals surface area contributed by atoms with Crippen molar-refractivity contribution in [1.82, 2.24) is 9.78 Å². The molecule has 1 heterocycles. The van der Waals surface area contributed by atoms with Crippen molar-refractivity contribution in [1.29, 1.82) is 0 Å². The van der Waals surface area contributed by atoms with Crippen molar-refractivity contribution in [3.63, 3.8) is 0 Å². The van der Waals surface area contributed by atoms with Crippen LogP contribution >= 0.6 is 0 Å². The van der Waals surface area contributed by atoms with Gasteiger partial charge in [-0.2, -0.15) is 5.10 Å². The second kappa shape index (κ2) is 4.63. The van der Waals surface area contributed by atoms with Gasteiger partial charge in [0.2, 0.25) is 0 Å². The zero-order chi connectivity index (χ0) is 12.5. The zero-order valence-electron chi connectivity index (χ0n) is 11.1. The van der Waals surface area contributed by atoms with E-state index >= 15 is 0 Å². The predicted octanol–water partition coefficient (Wildman–Crippen LogP) is 3.86. The van der Waals surface area contributed by atoms with Gasteiger partial charge in [-0.3, -0.25) is 4.68 Å². The second-order valence-electron chi connectivity index (χ2n) is 5.28. The lowest BCUT2D eigenvalue weighted by molar-refractivity contribution is 0.331. The van der Waals surface area contributed by atoms with Gasteiger partial charge in [-0.05, 0) is 31.4 Å². The molecular formula is C15H20N2O. The van der Waals surface area contributed by atoms with Crippen molar-refractivity contribution >= 4 is 10.9 Å². The van der Waals surface area contributed by atoms with E-state index in [2.05, 4.69) is 23.9 Å². The average Bonchev–Trinajstić information content (AvgIpc) is 2.81. The summed E-state index contributed by atoms with van der Waals surface area (Å²) < 4.78 is 7.53. The van der Waals surface area contributed by atoms with E-state index in [1.165, 1.54) is 43.1 Å². The number of methoxy groups -OCH3 is 1. The molecule has 1 aliphatic rings. The number of ether oxygens (including phenoxy) is 1. The lowest BCUT2D eigenvalue weighted by Crippen LogP contribution is -2.12. The highest BCUT2D eigenvalue weighted by molar-refractivity contribution is 5.81. The summed E-state index contributed by atoms with van der Waals surface area (Å²) in [4.78, 5) is 0. The molecule has 1 saturated carbocycles. The number of aromatic nitrogens is 2. The van der Waals surface area contributed by atoms with Gasteiger partial charge in [0.1, 0.15) is 5.75 Å². The average molecular weight is 244 g/mol. The SMILES string of the molecule is COc1cc2nn(C3CCCCC3)cc2cc1C. The van der Waals surface area contributed by atoms with Gasteiger partial charge in [0.05, 0.1) is 18.7 Å². The molecule has 1 aromatic heterocycles. The fourth-order valence-corrected chi connectivity index (χ4v) is 2.94. The van der Waals surface area contributed by atoms with Crippen LogP contribution in [0.5, 0.6) is 5.75 Å². The van der Waals surface area contributed by atoms with Crippen molar-refractivity contribution in [2.24, 2.45) is 0 Å². The standard InChI is InChI=1S/C15H20N2O/c1-11-8-12-10-17(13-6-4-3-5-7-13)16-14(12)9-15(11)18-2/h8-10,13H,3-7H2,1-2H3. The fraction of sp³-hybridized carbons (Fsp3) is 0.533. The van der Waals surface area contributed by atoms with E-state index in [9.17, 15) is 0 Å². The molecule has 0 saturated heterocycles. The summed E-state index contributed by atoms with van der Waals surface area (Å²) >= 11 is 0. The molecule has 3 heteroatoms. The van der Waals surface area contributed by atoms with Gasteiger partial charge < -0.3 is 4.74 Å². The molecule has 0 unspecified atom stereocenters. The van der Waals surface area contributed by atoms with Crippen LogP contribution in [0.15, 0.2) is 18.3 Å². The molecule has 0 N–H and O–H groups in total. The highest BCUT2D eigenvalue weighted by Gasteiger charge is 2.16. The van der Waals surface area contributed by atoms with Crippen LogP contribution < -0.4 is 4.74 Å². The summed E-state index contributed by atoms with van der Waals surface area (Å²) in [6.07, 6.45) is 8.78. The first-order valence-electron chi connectivity index (χ1n) is 6.81. The molecule has 1 aliphatic carbocycles. The Hall–Kier alpha value is -1.51. The third-order valence-corrected chi connectivity index (χ3v) is 3.99. The molecule has 1 fully saturated rings. The highest BCUT2D eigenvalue weighted by atomic mass is 16.5. The van der Waals surface area contributed by atoms with Crippen molar-refractivity contribution in [2.75, 3.05) is 7.11 Å². The lowest BCUT2D eigenvalue weighted by Gasteiger charge is -2.21. The van der Waals surface area contributed by atoms with Crippen molar-refractivity contribution in [3.8, 4) is 5.75 Å². The van der Waals surface area contributed by atoms with Crippen LogP contribution in [-0.2, 0) is 0 Å². The van der Waals surface area contributed by atoms with E-state index in [0.717, 1.165) is 11.3 Å². The second-order valence-corrected chi connectivity index (χ2v) is 5.28. The molecule has 0 amide bonds. The van der Waals surface area contributed by atoms with Gasteiger partial charge in [0, 0.05) is 17.6 Å². The number of benzene rings is 1. The Morgan fingerprint density at radius 3 is 2.72 bits per heavy atom. The van der Waals surface area contributed by atoms with E-state index in [0.29, 0.717) is 6.04 Å². The van der Waals surface area contributed by atoms with E-state index in [4.69, 9.17) is 9.84 Å². The number of nitrogens with zero attached hydrogens (tertiary/aromatic N) is 2. The van der Waals surface area contributed by atoms with Gasteiger partial charge >= 0.3 is 0 Å². The molecule has 1 aromatic carbocycles. The Labute approximate surface area is 108 Å². The lowest BCUT2D eigenvalue weighted by atomic mass is 9.96. The van der Waals surface area contributed by atoms with Gasteiger partial charge in [0.25, 0.3) is 0 Å².